The van der Waals surface area contributed by atoms with E-state index in [4.69, 9.17) is 4.98 Å². The van der Waals surface area contributed by atoms with Crippen LogP contribution in [0.25, 0.3) is 33.2 Å². The molecule has 0 atom stereocenters. The maximum atomic E-state index is 4.73. The molecule has 4 aromatic heterocycles. The van der Waals surface area contributed by atoms with Crippen LogP contribution in [0.4, 0.5) is 5.69 Å². The summed E-state index contributed by atoms with van der Waals surface area (Å²) in [5.74, 6) is 0.524. The first-order valence-electron chi connectivity index (χ1n) is 11.1. The molecule has 6 heterocycles. The molecule has 0 unspecified atom stereocenters. The molecule has 0 saturated carbocycles. The third-order valence-electron chi connectivity index (χ3n) is 6.70. The molecule has 3 N–H and O–H groups in total. The molecule has 0 aromatic carbocycles. The van der Waals surface area contributed by atoms with Gasteiger partial charge in [0.25, 0.3) is 0 Å². The number of aromatic amines is 2. The summed E-state index contributed by atoms with van der Waals surface area (Å²) in [5.41, 5.74) is 6.45. The fourth-order valence-corrected chi connectivity index (χ4v) is 5.03. The lowest BCUT2D eigenvalue weighted by atomic mass is 9.93. The topological polar surface area (TPSA) is 85.5 Å². The zero-order valence-electron chi connectivity index (χ0n) is 17.1. The molecule has 2 aliphatic heterocycles. The van der Waals surface area contributed by atoms with Crippen molar-refractivity contribution in [2.75, 3.05) is 31.1 Å². The smallest absolute Gasteiger partial charge is 0.116 e. The van der Waals surface area contributed by atoms with Crippen molar-refractivity contribution in [3.05, 3.63) is 36.4 Å². The number of hydrogen-bond acceptors (Lipinski definition) is 5. The maximum Gasteiger partial charge on any atom is 0.116 e. The van der Waals surface area contributed by atoms with Crippen molar-refractivity contribution in [3.8, 4) is 11.4 Å². The number of rotatable bonds is 3. The van der Waals surface area contributed by atoms with E-state index in [1.807, 2.05) is 18.6 Å². The van der Waals surface area contributed by atoms with Crippen molar-refractivity contribution >= 4 is 27.5 Å². The van der Waals surface area contributed by atoms with Crippen molar-refractivity contribution in [2.45, 2.75) is 38.0 Å². The molecule has 0 bridgehead atoms. The van der Waals surface area contributed by atoms with Crippen LogP contribution < -0.4 is 10.2 Å². The van der Waals surface area contributed by atoms with Crippen LogP contribution in [0.2, 0.25) is 0 Å². The van der Waals surface area contributed by atoms with Crippen LogP contribution in [0.3, 0.4) is 0 Å². The van der Waals surface area contributed by atoms with Gasteiger partial charge in [-0.2, -0.15) is 5.10 Å². The molecular formula is C23H27N7. The van der Waals surface area contributed by atoms with Crippen LogP contribution in [0.15, 0.2) is 30.7 Å². The van der Waals surface area contributed by atoms with E-state index in [1.54, 1.807) is 0 Å². The van der Waals surface area contributed by atoms with E-state index >= 15 is 0 Å². The second-order valence-corrected chi connectivity index (χ2v) is 8.60. The highest BCUT2D eigenvalue weighted by atomic mass is 15.1. The fraction of sp³-hybridized carbons (Fsp3) is 0.435. The molecule has 6 rings (SSSR count). The summed E-state index contributed by atoms with van der Waals surface area (Å²) in [4.78, 5) is 15.3. The molecule has 0 radical (unpaired) electrons. The summed E-state index contributed by atoms with van der Waals surface area (Å²) in [7, 11) is 0. The lowest BCUT2D eigenvalue weighted by Gasteiger charge is -2.28. The largest absolute Gasteiger partial charge is 0.370 e. The van der Waals surface area contributed by atoms with Gasteiger partial charge in [0.1, 0.15) is 5.69 Å². The Bertz CT molecular complexity index is 1180. The lowest BCUT2D eigenvalue weighted by Crippen LogP contribution is -2.29. The van der Waals surface area contributed by atoms with E-state index in [0.717, 1.165) is 66.8 Å². The van der Waals surface area contributed by atoms with Gasteiger partial charge in [0.15, 0.2) is 0 Å². The molecule has 0 amide bonds. The van der Waals surface area contributed by atoms with E-state index in [1.165, 1.54) is 36.0 Å². The third-order valence-corrected chi connectivity index (χ3v) is 6.70. The summed E-state index contributed by atoms with van der Waals surface area (Å²) in [6.07, 6.45) is 12.0. The summed E-state index contributed by atoms with van der Waals surface area (Å²) in [6.45, 7) is 4.35. The predicted molar refractivity (Wildman–Crippen MR) is 120 cm³/mol. The van der Waals surface area contributed by atoms with E-state index in [9.17, 15) is 0 Å². The van der Waals surface area contributed by atoms with Crippen molar-refractivity contribution in [3.63, 3.8) is 0 Å². The minimum absolute atomic E-state index is 0.524. The van der Waals surface area contributed by atoms with Crippen molar-refractivity contribution < 1.29 is 0 Å². The molecule has 2 fully saturated rings. The van der Waals surface area contributed by atoms with Crippen molar-refractivity contribution in [1.82, 2.24) is 30.5 Å². The molecule has 2 saturated heterocycles. The molecular weight excluding hydrogens is 374 g/mol. The average Bonchev–Trinajstić information content (AvgIpc) is 3.43. The molecule has 30 heavy (non-hydrogen) atoms. The Labute approximate surface area is 175 Å². The Balaban J connectivity index is 1.42. The SMILES string of the molecule is c1ncc2[nH]c(-c3n[nH]c4cnc(C5CCNCC5)cc34)cc2c1N1CCCCC1. The quantitative estimate of drug-likeness (QED) is 0.484. The van der Waals surface area contributed by atoms with Crippen LogP contribution in [-0.4, -0.2) is 51.3 Å². The van der Waals surface area contributed by atoms with Gasteiger partial charge in [-0.25, -0.2) is 0 Å². The minimum Gasteiger partial charge on any atom is -0.370 e. The number of H-pyrrole nitrogens is 2. The second-order valence-electron chi connectivity index (χ2n) is 8.60. The van der Waals surface area contributed by atoms with Gasteiger partial charge < -0.3 is 15.2 Å². The highest BCUT2D eigenvalue weighted by Crippen LogP contribution is 2.34. The van der Waals surface area contributed by atoms with Crippen LogP contribution in [0.1, 0.15) is 43.7 Å². The number of pyridine rings is 2. The Hall–Kier alpha value is -2.93. The standard InChI is InChI=1S/C23H27N7/c1-2-8-30(9-3-1)22-14-25-12-20-16(22)10-19(27-20)23-17-11-18(15-4-6-24-7-5-15)26-13-21(17)28-29-23/h10-15,24,27H,1-9H2,(H,28,29). The Morgan fingerprint density at radius 2 is 1.77 bits per heavy atom. The van der Waals surface area contributed by atoms with Gasteiger partial charge in [0.2, 0.25) is 0 Å². The van der Waals surface area contributed by atoms with Gasteiger partial charge in [-0.3, -0.25) is 15.1 Å². The highest BCUT2D eigenvalue weighted by Gasteiger charge is 2.20. The molecule has 4 aromatic rings. The van der Waals surface area contributed by atoms with E-state index in [0.29, 0.717) is 5.92 Å². The van der Waals surface area contributed by atoms with Gasteiger partial charge in [-0.05, 0) is 57.3 Å². The summed E-state index contributed by atoms with van der Waals surface area (Å²) in [5, 5.41) is 13.6. The summed E-state index contributed by atoms with van der Waals surface area (Å²) < 4.78 is 0. The van der Waals surface area contributed by atoms with E-state index in [2.05, 4.69) is 42.5 Å². The van der Waals surface area contributed by atoms with E-state index in [-0.39, 0.29) is 0 Å². The number of hydrogen-bond donors (Lipinski definition) is 3. The molecule has 7 nitrogen and oxygen atoms in total. The van der Waals surface area contributed by atoms with Gasteiger partial charge in [0.05, 0.1) is 41.0 Å². The average molecular weight is 402 g/mol. The Morgan fingerprint density at radius 3 is 2.63 bits per heavy atom. The number of piperidine rings is 2. The van der Waals surface area contributed by atoms with Gasteiger partial charge in [-0.15, -0.1) is 0 Å². The van der Waals surface area contributed by atoms with E-state index < -0.39 is 0 Å². The zero-order valence-corrected chi connectivity index (χ0v) is 17.1. The third kappa shape index (κ3) is 3.04. The predicted octanol–water partition coefficient (Wildman–Crippen LogP) is 3.96. The van der Waals surface area contributed by atoms with Crippen LogP contribution in [0.5, 0.6) is 0 Å². The first-order chi connectivity index (χ1) is 14.9. The normalized spacial score (nSPS) is 18.5. The number of nitrogens with one attached hydrogen (secondary N) is 3. The Morgan fingerprint density at radius 1 is 0.900 bits per heavy atom. The zero-order chi connectivity index (χ0) is 19.9. The number of nitrogens with zero attached hydrogens (tertiary/aromatic N) is 4. The van der Waals surface area contributed by atoms with Gasteiger partial charge in [0, 0.05) is 35.5 Å². The number of fused-ring (bicyclic) bond motifs is 2. The fourth-order valence-electron chi connectivity index (χ4n) is 5.03. The molecule has 0 aliphatic carbocycles. The number of anilines is 1. The highest BCUT2D eigenvalue weighted by molar-refractivity contribution is 5.99. The van der Waals surface area contributed by atoms with Gasteiger partial charge >= 0.3 is 0 Å². The van der Waals surface area contributed by atoms with Crippen molar-refractivity contribution in [2.24, 2.45) is 0 Å². The minimum atomic E-state index is 0.524. The Kier molecular flexibility index (Phi) is 4.41. The monoisotopic (exact) mass is 401 g/mol. The number of aromatic nitrogens is 5. The second kappa shape index (κ2) is 7.40. The maximum absolute atomic E-state index is 4.73. The molecule has 154 valence electrons. The van der Waals surface area contributed by atoms with Crippen molar-refractivity contribution in [1.29, 1.82) is 0 Å². The first kappa shape index (κ1) is 17.9. The molecule has 0 spiro atoms. The van der Waals surface area contributed by atoms with Crippen LogP contribution >= 0.6 is 0 Å². The van der Waals surface area contributed by atoms with Crippen LogP contribution in [-0.2, 0) is 0 Å². The summed E-state index contributed by atoms with van der Waals surface area (Å²) >= 11 is 0. The van der Waals surface area contributed by atoms with Crippen LogP contribution in [0, 0.1) is 0 Å². The van der Waals surface area contributed by atoms with Gasteiger partial charge in [-0.1, -0.05) is 0 Å². The lowest BCUT2D eigenvalue weighted by molar-refractivity contribution is 0.453. The summed E-state index contributed by atoms with van der Waals surface area (Å²) in [6, 6.07) is 4.47. The first-order valence-corrected chi connectivity index (χ1v) is 11.1. The molecule has 2 aliphatic rings. The molecule has 7 heteroatoms.